The maximum Gasteiger partial charge on any atom is 0.238 e. The maximum absolute atomic E-state index is 13.8. The van der Waals surface area contributed by atoms with Gasteiger partial charge in [-0.3, -0.25) is 14.5 Å². The van der Waals surface area contributed by atoms with Gasteiger partial charge in [-0.05, 0) is 73.1 Å². The van der Waals surface area contributed by atoms with Gasteiger partial charge >= 0.3 is 0 Å². The first kappa shape index (κ1) is 22.6. The number of anilines is 1. The number of aromatic hydroxyl groups is 1. The number of rotatable bonds is 3. The summed E-state index contributed by atoms with van der Waals surface area (Å²) in [4.78, 5) is 33.5. The molecular weight excluding hydrogens is 513 g/mol. The summed E-state index contributed by atoms with van der Waals surface area (Å²) >= 11 is 8.88. The summed E-state index contributed by atoms with van der Waals surface area (Å²) in [5.41, 5.74) is 2.75. The van der Waals surface area contributed by atoms with Crippen molar-refractivity contribution in [1.29, 1.82) is 0 Å². The first-order valence-corrected chi connectivity index (χ1v) is 14.2. The summed E-state index contributed by atoms with van der Waals surface area (Å²) in [6, 6.07) is 13.2. The number of aryl methyl sites for hydroxylation is 1. The van der Waals surface area contributed by atoms with E-state index in [4.69, 9.17) is 17.0 Å². The van der Waals surface area contributed by atoms with Crippen LogP contribution in [0.15, 0.2) is 47.5 Å². The second-order valence-corrected chi connectivity index (χ2v) is 13.1. The Balaban J connectivity index is 1.32. The van der Waals surface area contributed by atoms with Crippen LogP contribution in [0.2, 0.25) is 0 Å². The normalized spacial score (nSPS) is 31.9. The third-order valence-electron chi connectivity index (χ3n) is 8.58. The molecular formula is C27H24N2O4S3. The molecule has 0 spiro atoms. The summed E-state index contributed by atoms with van der Waals surface area (Å²) in [6.07, 6.45) is 0.880. The van der Waals surface area contributed by atoms with E-state index in [-0.39, 0.29) is 58.3 Å². The molecule has 1 saturated heterocycles. The molecule has 7 rings (SSSR count). The highest BCUT2D eigenvalue weighted by Gasteiger charge is 2.69. The molecule has 4 aliphatic rings. The number of thiazole rings is 1. The van der Waals surface area contributed by atoms with E-state index in [1.807, 2.05) is 37.3 Å². The first-order valence-electron chi connectivity index (χ1n) is 12.1. The fraction of sp³-hybridized carbons (Fsp3) is 0.370. The van der Waals surface area contributed by atoms with Crippen molar-refractivity contribution in [3.05, 3.63) is 62.4 Å². The Labute approximate surface area is 221 Å². The number of methoxy groups -OCH3 is 1. The fourth-order valence-corrected chi connectivity index (χ4v) is 10.6. The molecule has 9 heteroatoms. The van der Waals surface area contributed by atoms with Gasteiger partial charge in [0.15, 0.2) is 15.5 Å². The van der Waals surface area contributed by atoms with Crippen molar-refractivity contribution in [3.63, 3.8) is 0 Å². The molecule has 2 N–H and O–H groups in total. The number of nitrogens with one attached hydrogen (secondary N) is 1. The number of fused-ring (bicyclic) bond motifs is 9. The number of thioether (sulfide) groups is 1. The minimum atomic E-state index is -0.298. The van der Waals surface area contributed by atoms with Gasteiger partial charge in [0.1, 0.15) is 0 Å². The van der Waals surface area contributed by atoms with E-state index in [0.29, 0.717) is 11.4 Å². The number of carbonyl (C=O) groups excluding carboxylic acids is 2. The zero-order valence-corrected chi connectivity index (χ0v) is 22.1. The standard InChI is InChI=1S/C27H24N2O4S3/c1-11-3-6-13(7-4-11)29-25(31)20-14-10-15(21(20)26(29)32)22-19(14)18(23-24(35-22)28-27(34)36-23)12-5-8-17(33-2)16(30)9-12/h3-9,14-15,18-22,30H,10H2,1-2H3,(H,28,34). The van der Waals surface area contributed by atoms with E-state index in [9.17, 15) is 14.7 Å². The molecule has 3 aromatic rings. The molecule has 0 radical (unpaired) electrons. The summed E-state index contributed by atoms with van der Waals surface area (Å²) in [5.74, 6) is 0.250. The van der Waals surface area contributed by atoms with E-state index < -0.39 is 0 Å². The number of hydrogen-bond donors (Lipinski definition) is 2. The van der Waals surface area contributed by atoms with Gasteiger partial charge in [0, 0.05) is 16.0 Å². The third kappa shape index (κ3) is 2.99. The topological polar surface area (TPSA) is 82.6 Å². The Hall–Kier alpha value is -2.62. The van der Waals surface area contributed by atoms with Gasteiger partial charge in [-0.2, -0.15) is 0 Å². The van der Waals surface area contributed by atoms with Crippen LogP contribution in [0.5, 0.6) is 11.5 Å². The quantitative estimate of drug-likeness (QED) is 0.340. The van der Waals surface area contributed by atoms with Crippen LogP contribution in [-0.2, 0) is 9.59 Å². The smallest absolute Gasteiger partial charge is 0.238 e. The number of H-pyrrole nitrogens is 1. The van der Waals surface area contributed by atoms with Crippen LogP contribution >= 0.6 is 35.3 Å². The highest BCUT2D eigenvalue weighted by molar-refractivity contribution is 8.00. The van der Waals surface area contributed by atoms with Crippen molar-refractivity contribution in [2.45, 2.75) is 29.5 Å². The number of nitrogens with zero attached hydrogens (tertiary/aromatic N) is 1. The summed E-state index contributed by atoms with van der Waals surface area (Å²) in [5, 5.41) is 11.9. The van der Waals surface area contributed by atoms with Crippen LogP contribution in [0.4, 0.5) is 5.69 Å². The van der Waals surface area contributed by atoms with E-state index in [1.165, 1.54) is 12.0 Å². The molecule has 36 heavy (non-hydrogen) atoms. The van der Waals surface area contributed by atoms with Gasteiger partial charge in [0.2, 0.25) is 11.8 Å². The number of hydrogen-bond acceptors (Lipinski definition) is 7. The van der Waals surface area contributed by atoms with E-state index >= 15 is 0 Å². The highest BCUT2D eigenvalue weighted by atomic mass is 32.2. The number of ether oxygens (including phenoxy) is 1. The van der Waals surface area contributed by atoms with Crippen molar-refractivity contribution in [2.75, 3.05) is 12.0 Å². The lowest BCUT2D eigenvalue weighted by atomic mass is 9.68. The maximum atomic E-state index is 13.8. The summed E-state index contributed by atoms with van der Waals surface area (Å²) < 4.78 is 6.00. The van der Waals surface area contributed by atoms with Crippen molar-refractivity contribution in [1.82, 2.24) is 4.98 Å². The number of amides is 2. The van der Waals surface area contributed by atoms with Crippen LogP contribution in [-0.4, -0.2) is 34.3 Å². The van der Waals surface area contributed by atoms with Crippen molar-refractivity contribution in [2.24, 2.45) is 29.6 Å². The van der Waals surface area contributed by atoms with Crippen LogP contribution in [0.3, 0.4) is 0 Å². The Bertz CT molecular complexity index is 1480. The predicted molar refractivity (Wildman–Crippen MR) is 141 cm³/mol. The van der Waals surface area contributed by atoms with Gasteiger partial charge < -0.3 is 14.8 Å². The molecule has 2 saturated carbocycles. The van der Waals surface area contributed by atoms with Crippen LogP contribution in [0.25, 0.3) is 0 Å². The number of aromatic amines is 1. The SMILES string of the molecule is COc1ccc(C2c3sc(=S)[nH]c3SC3C4CC(C5C(=O)N(c6ccc(C)cc6)C(=O)C45)C23)cc1O. The second-order valence-electron chi connectivity index (χ2n) is 10.2. The lowest BCUT2D eigenvalue weighted by Crippen LogP contribution is -2.42. The summed E-state index contributed by atoms with van der Waals surface area (Å²) in [7, 11) is 1.54. The number of aromatic nitrogens is 1. The van der Waals surface area contributed by atoms with E-state index in [1.54, 1.807) is 35.2 Å². The van der Waals surface area contributed by atoms with Crippen molar-refractivity contribution in [3.8, 4) is 11.5 Å². The predicted octanol–water partition coefficient (Wildman–Crippen LogP) is 5.51. The largest absolute Gasteiger partial charge is 0.504 e. The van der Waals surface area contributed by atoms with Crippen molar-refractivity contribution >= 4 is 52.8 Å². The molecule has 6 nitrogen and oxygen atoms in total. The molecule has 7 unspecified atom stereocenters. The second kappa shape index (κ2) is 7.94. The van der Waals surface area contributed by atoms with E-state index in [2.05, 4.69) is 4.98 Å². The number of carbonyl (C=O) groups is 2. The van der Waals surface area contributed by atoms with Gasteiger partial charge in [0.25, 0.3) is 0 Å². The zero-order chi connectivity index (χ0) is 24.9. The average molecular weight is 537 g/mol. The molecule has 3 fully saturated rings. The number of imide groups is 1. The van der Waals surface area contributed by atoms with Crippen LogP contribution in [0.1, 0.15) is 28.3 Å². The minimum Gasteiger partial charge on any atom is -0.504 e. The van der Waals surface area contributed by atoms with Gasteiger partial charge in [0.05, 0.1) is 29.7 Å². The number of benzene rings is 2. The molecule has 2 amide bonds. The van der Waals surface area contributed by atoms with E-state index in [0.717, 1.165) is 31.4 Å². The van der Waals surface area contributed by atoms with Gasteiger partial charge in [-0.1, -0.05) is 23.8 Å². The molecule has 1 aromatic heterocycles. The fourth-order valence-electron chi connectivity index (χ4n) is 7.24. The Morgan fingerprint density at radius 2 is 1.81 bits per heavy atom. The molecule has 2 bridgehead atoms. The van der Waals surface area contributed by atoms with Crippen molar-refractivity contribution < 1.29 is 19.4 Å². The Morgan fingerprint density at radius 3 is 2.50 bits per heavy atom. The van der Waals surface area contributed by atoms with Crippen LogP contribution in [0, 0.1) is 40.5 Å². The lowest BCUT2D eigenvalue weighted by molar-refractivity contribution is -0.123. The van der Waals surface area contributed by atoms with Gasteiger partial charge in [-0.15, -0.1) is 23.1 Å². The average Bonchev–Trinajstić information content (AvgIpc) is 3.58. The monoisotopic (exact) mass is 536 g/mol. The zero-order valence-electron chi connectivity index (χ0n) is 19.6. The molecule has 7 atom stereocenters. The molecule has 2 aromatic carbocycles. The summed E-state index contributed by atoms with van der Waals surface area (Å²) in [6.45, 7) is 2.00. The molecule has 3 heterocycles. The Kier molecular flexibility index (Phi) is 4.98. The third-order valence-corrected chi connectivity index (χ3v) is 11.5. The van der Waals surface area contributed by atoms with Gasteiger partial charge in [-0.25, -0.2) is 0 Å². The molecule has 184 valence electrons. The highest BCUT2D eigenvalue weighted by Crippen LogP contribution is 2.69. The molecule has 2 aliphatic carbocycles. The number of phenols is 1. The lowest BCUT2D eigenvalue weighted by Gasteiger charge is -2.43. The number of phenolic OH excluding ortho intramolecular Hbond substituents is 1. The minimum absolute atomic E-state index is 0.00622. The van der Waals surface area contributed by atoms with Crippen LogP contribution < -0.4 is 9.64 Å². The Morgan fingerprint density at radius 1 is 1.08 bits per heavy atom. The molecule has 2 aliphatic heterocycles. The first-order chi connectivity index (χ1) is 17.4.